The molecule has 0 atom stereocenters. The minimum atomic E-state index is -2.69. The molecule has 90 valence electrons. The van der Waals surface area contributed by atoms with Crippen molar-refractivity contribution in [3.05, 3.63) is 57.0 Å². The van der Waals surface area contributed by atoms with Gasteiger partial charge in [0.1, 0.15) is 5.69 Å². The number of nitrogens with zero attached hydrogens (tertiary/aromatic N) is 1. The highest BCUT2D eigenvalue weighted by Gasteiger charge is 2.12. The number of hydrogen-bond donors (Lipinski definition) is 1. The third-order valence-corrected chi connectivity index (χ3v) is 2.70. The SMILES string of the molecule is O=c1cc(C(F)F)[nH]n1Cc1ccccc1Cl. The molecule has 2 rings (SSSR count). The van der Waals surface area contributed by atoms with Gasteiger partial charge in [-0.25, -0.2) is 13.5 Å². The maximum Gasteiger partial charge on any atom is 0.279 e. The summed E-state index contributed by atoms with van der Waals surface area (Å²) < 4.78 is 25.8. The van der Waals surface area contributed by atoms with E-state index in [1.165, 1.54) is 0 Å². The lowest BCUT2D eigenvalue weighted by atomic mass is 10.2. The summed E-state index contributed by atoms with van der Waals surface area (Å²) in [5.41, 5.74) is -0.193. The smallest absolute Gasteiger partial charge is 0.279 e. The molecule has 1 aromatic heterocycles. The first-order chi connectivity index (χ1) is 8.08. The molecular weight excluding hydrogens is 250 g/mol. The molecule has 0 amide bonds. The average molecular weight is 259 g/mol. The number of nitrogens with one attached hydrogen (secondary N) is 1. The quantitative estimate of drug-likeness (QED) is 0.903. The van der Waals surface area contributed by atoms with E-state index in [1.807, 2.05) is 0 Å². The second-order valence-electron chi connectivity index (χ2n) is 3.53. The van der Waals surface area contributed by atoms with Gasteiger partial charge in [-0.15, -0.1) is 0 Å². The van der Waals surface area contributed by atoms with E-state index >= 15 is 0 Å². The van der Waals surface area contributed by atoms with E-state index in [4.69, 9.17) is 11.6 Å². The lowest BCUT2D eigenvalue weighted by Crippen LogP contribution is -2.16. The molecule has 1 aromatic carbocycles. The second kappa shape index (κ2) is 4.71. The lowest BCUT2D eigenvalue weighted by molar-refractivity contribution is 0.145. The maximum absolute atomic E-state index is 12.4. The van der Waals surface area contributed by atoms with E-state index in [1.54, 1.807) is 24.3 Å². The van der Waals surface area contributed by atoms with Gasteiger partial charge in [-0.2, -0.15) is 0 Å². The third-order valence-electron chi connectivity index (χ3n) is 2.33. The Morgan fingerprint density at radius 2 is 2.06 bits per heavy atom. The van der Waals surface area contributed by atoms with Crippen LogP contribution in [-0.4, -0.2) is 9.78 Å². The standard InChI is InChI=1S/C11H9ClF2N2O/c12-8-4-2-1-3-7(8)6-16-10(17)5-9(15-16)11(13)14/h1-5,11,15H,6H2. The molecular formula is C11H9ClF2N2O. The number of alkyl halides is 2. The Hall–Kier alpha value is -1.62. The number of aromatic nitrogens is 2. The van der Waals surface area contributed by atoms with Crippen LogP contribution in [0.25, 0.3) is 0 Å². The van der Waals surface area contributed by atoms with Crippen LogP contribution < -0.4 is 5.56 Å². The Balaban J connectivity index is 2.31. The Morgan fingerprint density at radius 1 is 1.35 bits per heavy atom. The van der Waals surface area contributed by atoms with Crippen molar-refractivity contribution in [2.24, 2.45) is 0 Å². The lowest BCUT2D eigenvalue weighted by Gasteiger charge is -2.04. The van der Waals surface area contributed by atoms with Crippen LogP contribution in [0, 0.1) is 0 Å². The number of H-pyrrole nitrogens is 1. The van der Waals surface area contributed by atoms with Crippen molar-refractivity contribution in [2.45, 2.75) is 13.0 Å². The molecule has 6 heteroatoms. The summed E-state index contributed by atoms with van der Waals surface area (Å²) in [6, 6.07) is 7.83. The zero-order valence-electron chi connectivity index (χ0n) is 8.66. The Kier molecular flexibility index (Phi) is 3.28. The molecule has 0 radical (unpaired) electrons. The molecule has 17 heavy (non-hydrogen) atoms. The van der Waals surface area contributed by atoms with Gasteiger partial charge < -0.3 is 0 Å². The van der Waals surface area contributed by atoms with Crippen LogP contribution in [0.4, 0.5) is 8.78 Å². The summed E-state index contributed by atoms with van der Waals surface area (Å²) >= 11 is 5.92. The van der Waals surface area contributed by atoms with Gasteiger partial charge in [0.25, 0.3) is 12.0 Å². The molecule has 0 bridgehead atoms. The van der Waals surface area contributed by atoms with Crippen LogP contribution in [0.5, 0.6) is 0 Å². The first-order valence-corrected chi connectivity index (χ1v) is 5.27. The second-order valence-corrected chi connectivity index (χ2v) is 3.94. The first kappa shape index (κ1) is 11.9. The number of rotatable bonds is 3. The number of hydrogen-bond acceptors (Lipinski definition) is 1. The predicted molar refractivity (Wildman–Crippen MR) is 60.6 cm³/mol. The molecule has 0 aliphatic rings. The fourth-order valence-corrected chi connectivity index (χ4v) is 1.68. The topological polar surface area (TPSA) is 37.8 Å². The van der Waals surface area contributed by atoms with Crippen molar-refractivity contribution >= 4 is 11.6 Å². The van der Waals surface area contributed by atoms with Crippen molar-refractivity contribution in [1.82, 2.24) is 9.78 Å². The normalized spacial score (nSPS) is 11.1. The van der Waals surface area contributed by atoms with Gasteiger partial charge in [0.05, 0.1) is 6.54 Å². The van der Waals surface area contributed by atoms with E-state index in [2.05, 4.69) is 5.10 Å². The first-order valence-electron chi connectivity index (χ1n) is 4.89. The zero-order chi connectivity index (χ0) is 12.4. The summed E-state index contributed by atoms with van der Waals surface area (Å²) in [5, 5.41) is 2.85. The Labute approximate surface area is 101 Å². The largest absolute Gasteiger partial charge is 0.294 e. The van der Waals surface area contributed by atoms with Gasteiger partial charge in [0, 0.05) is 11.1 Å². The van der Waals surface area contributed by atoms with Gasteiger partial charge in [0.15, 0.2) is 0 Å². The molecule has 0 aliphatic carbocycles. The maximum atomic E-state index is 12.4. The summed E-state index contributed by atoms with van der Waals surface area (Å²) in [4.78, 5) is 11.4. The van der Waals surface area contributed by atoms with E-state index in [0.29, 0.717) is 10.6 Å². The number of benzene rings is 1. The van der Waals surface area contributed by atoms with Crippen molar-refractivity contribution < 1.29 is 8.78 Å². The molecule has 0 fully saturated rings. The van der Waals surface area contributed by atoms with Crippen LogP contribution in [0.15, 0.2) is 35.1 Å². The minimum absolute atomic E-state index is 0.144. The predicted octanol–water partition coefficient (Wildman–Crippen LogP) is 2.82. The highest BCUT2D eigenvalue weighted by atomic mass is 35.5. The van der Waals surface area contributed by atoms with Crippen LogP contribution in [0.3, 0.4) is 0 Å². The van der Waals surface area contributed by atoms with Crippen LogP contribution in [-0.2, 0) is 6.54 Å². The number of aromatic amines is 1. The molecule has 0 spiro atoms. The fraction of sp³-hybridized carbons (Fsp3) is 0.182. The van der Waals surface area contributed by atoms with E-state index in [0.717, 1.165) is 10.7 Å². The highest BCUT2D eigenvalue weighted by Crippen LogP contribution is 2.17. The van der Waals surface area contributed by atoms with Gasteiger partial charge in [0.2, 0.25) is 0 Å². The third kappa shape index (κ3) is 2.55. The highest BCUT2D eigenvalue weighted by molar-refractivity contribution is 6.31. The van der Waals surface area contributed by atoms with Crippen molar-refractivity contribution in [2.75, 3.05) is 0 Å². The van der Waals surface area contributed by atoms with E-state index in [-0.39, 0.29) is 12.2 Å². The van der Waals surface area contributed by atoms with Crippen LogP contribution in [0.1, 0.15) is 17.7 Å². The molecule has 0 unspecified atom stereocenters. The van der Waals surface area contributed by atoms with E-state index in [9.17, 15) is 13.6 Å². The molecule has 0 saturated heterocycles. The van der Waals surface area contributed by atoms with E-state index < -0.39 is 12.0 Å². The number of halogens is 3. The Morgan fingerprint density at radius 3 is 2.65 bits per heavy atom. The molecule has 0 aliphatic heterocycles. The summed E-state index contributed by atoms with van der Waals surface area (Å²) in [6.07, 6.45) is -2.69. The molecule has 3 nitrogen and oxygen atoms in total. The molecule has 0 saturated carbocycles. The summed E-state index contributed by atoms with van der Waals surface area (Å²) in [5.74, 6) is 0. The molecule has 1 heterocycles. The summed E-state index contributed by atoms with van der Waals surface area (Å²) in [6.45, 7) is 0.144. The van der Waals surface area contributed by atoms with Gasteiger partial charge in [-0.1, -0.05) is 29.8 Å². The minimum Gasteiger partial charge on any atom is -0.294 e. The summed E-state index contributed by atoms with van der Waals surface area (Å²) in [7, 11) is 0. The molecule has 2 aromatic rings. The van der Waals surface area contributed by atoms with Gasteiger partial charge in [-0.3, -0.25) is 9.89 Å². The fourth-order valence-electron chi connectivity index (χ4n) is 1.48. The Bertz CT molecular complexity index is 577. The van der Waals surface area contributed by atoms with Crippen molar-refractivity contribution in [1.29, 1.82) is 0 Å². The van der Waals surface area contributed by atoms with Crippen LogP contribution in [0.2, 0.25) is 5.02 Å². The van der Waals surface area contributed by atoms with Crippen molar-refractivity contribution in [3.8, 4) is 0 Å². The molecule has 1 N–H and O–H groups in total. The van der Waals surface area contributed by atoms with Crippen LogP contribution >= 0.6 is 11.6 Å². The van der Waals surface area contributed by atoms with Gasteiger partial charge >= 0.3 is 0 Å². The van der Waals surface area contributed by atoms with Crippen molar-refractivity contribution in [3.63, 3.8) is 0 Å². The zero-order valence-corrected chi connectivity index (χ0v) is 9.42. The average Bonchev–Trinajstić information content (AvgIpc) is 2.64. The monoisotopic (exact) mass is 258 g/mol. The van der Waals surface area contributed by atoms with Gasteiger partial charge in [-0.05, 0) is 11.6 Å².